The van der Waals surface area contributed by atoms with E-state index in [-0.39, 0.29) is 42.4 Å². The van der Waals surface area contributed by atoms with E-state index in [1.807, 2.05) is 17.9 Å². The predicted molar refractivity (Wildman–Crippen MR) is 132 cm³/mol. The van der Waals surface area contributed by atoms with Gasteiger partial charge in [0.2, 0.25) is 11.8 Å². The second-order valence-electron chi connectivity index (χ2n) is 10.1. The molecule has 3 aliphatic rings. The summed E-state index contributed by atoms with van der Waals surface area (Å²) in [6, 6.07) is 12.8. The number of imide groups is 1. The Morgan fingerprint density at radius 2 is 1.86 bits per heavy atom. The van der Waals surface area contributed by atoms with Crippen LogP contribution in [0.2, 0.25) is 0 Å². The van der Waals surface area contributed by atoms with Gasteiger partial charge in [-0.15, -0.1) is 5.10 Å². The monoisotopic (exact) mass is 498 g/mol. The highest BCUT2D eigenvalue weighted by molar-refractivity contribution is 6.05. The normalized spacial score (nSPS) is 23.1. The lowest BCUT2D eigenvalue weighted by Crippen LogP contribution is -2.52. The number of aromatic nitrogens is 3. The minimum Gasteiger partial charge on any atom is -0.329 e. The molecule has 0 saturated carbocycles. The molecule has 4 heterocycles. The van der Waals surface area contributed by atoms with Crippen molar-refractivity contribution in [3.05, 3.63) is 76.6 Å². The summed E-state index contributed by atoms with van der Waals surface area (Å²) in [7, 11) is 0. The molecule has 2 aromatic carbocycles. The molecule has 188 valence electrons. The number of nitrogens with zero attached hydrogens (tertiary/aromatic N) is 5. The van der Waals surface area contributed by atoms with Crippen molar-refractivity contribution >= 4 is 23.6 Å². The standard InChI is InChI=1S/C27H26N6O4/c1-15-3-5-17(6-4-15)24-16(2)12-32(24)27(37)21-14-33(30-29-21)19-7-8-20-18(11-19)13-31(26(20)36)22-9-10-23(34)28-25(22)35/h3-8,11,14,16,22,24H,9-10,12-13H2,1-2H3,(H,28,34,35). The molecule has 0 spiro atoms. The number of rotatable bonds is 4. The van der Waals surface area contributed by atoms with Gasteiger partial charge in [0.1, 0.15) is 6.04 Å². The fourth-order valence-electron chi connectivity index (χ4n) is 5.51. The van der Waals surface area contributed by atoms with E-state index in [2.05, 4.69) is 46.8 Å². The summed E-state index contributed by atoms with van der Waals surface area (Å²) in [4.78, 5) is 53.3. The zero-order valence-corrected chi connectivity index (χ0v) is 20.5. The molecule has 0 aliphatic carbocycles. The number of carbonyl (C=O) groups is 4. The van der Waals surface area contributed by atoms with Crippen LogP contribution in [-0.4, -0.2) is 61.0 Å². The summed E-state index contributed by atoms with van der Waals surface area (Å²) >= 11 is 0. The minimum atomic E-state index is -0.669. The first-order valence-electron chi connectivity index (χ1n) is 12.4. The van der Waals surface area contributed by atoms with E-state index < -0.39 is 11.9 Å². The average molecular weight is 499 g/mol. The number of amides is 4. The van der Waals surface area contributed by atoms with E-state index in [9.17, 15) is 19.2 Å². The summed E-state index contributed by atoms with van der Waals surface area (Å²) in [6.07, 6.45) is 2.12. The van der Waals surface area contributed by atoms with Gasteiger partial charge >= 0.3 is 0 Å². The van der Waals surface area contributed by atoms with Crippen molar-refractivity contribution < 1.29 is 19.2 Å². The number of piperidine rings is 1. The van der Waals surface area contributed by atoms with Crippen LogP contribution in [-0.2, 0) is 16.1 Å². The lowest BCUT2D eigenvalue weighted by atomic mass is 9.84. The lowest BCUT2D eigenvalue weighted by molar-refractivity contribution is -0.136. The molecular formula is C27H26N6O4. The lowest BCUT2D eigenvalue weighted by Gasteiger charge is -2.46. The third kappa shape index (κ3) is 3.89. The molecule has 10 heteroatoms. The molecule has 3 aromatic rings. The fourth-order valence-corrected chi connectivity index (χ4v) is 5.51. The van der Waals surface area contributed by atoms with Crippen molar-refractivity contribution in [3.63, 3.8) is 0 Å². The van der Waals surface area contributed by atoms with E-state index in [1.54, 1.807) is 18.3 Å². The van der Waals surface area contributed by atoms with Crippen molar-refractivity contribution in [2.24, 2.45) is 5.92 Å². The van der Waals surface area contributed by atoms with Gasteiger partial charge in [0, 0.05) is 25.1 Å². The average Bonchev–Trinajstić information content (AvgIpc) is 3.49. The van der Waals surface area contributed by atoms with Gasteiger partial charge in [0.15, 0.2) is 5.69 Å². The van der Waals surface area contributed by atoms with Crippen LogP contribution in [0.5, 0.6) is 0 Å². The zero-order chi connectivity index (χ0) is 25.8. The van der Waals surface area contributed by atoms with Crippen LogP contribution in [0.25, 0.3) is 5.69 Å². The quantitative estimate of drug-likeness (QED) is 0.551. The number of hydrogen-bond acceptors (Lipinski definition) is 6. The SMILES string of the molecule is Cc1ccc(C2C(C)CN2C(=O)c2cn(-c3ccc4c(c3)CN(C3CCC(=O)NC3=O)C4=O)nn2)cc1. The van der Waals surface area contributed by atoms with Crippen molar-refractivity contribution in [2.45, 2.75) is 45.3 Å². The van der Waals surface area contributed by atoms with Crippen LogP contribution >= 0.6 is 0 Å². The van der Waals surface area contributed by atoms with Crippen LogP contribution in [0.3, 0.4) is 0 Å². The van der Waals surface area contributed by atoms with Crippen LogP contribution in [0.4, 0.5) is 0 Å². The topological polar surface area (TPSA) is 118 Å². The maximum absolute atomic E-state index is 13.3. The molecule has 10 nitrogen and oxygen atoms in total. The maximum Gasteiger partial charge on any atom is 0.276 e. The Labute approximate surface area is 213 Å². The predicted octanol–water partition coefficient (Wildman–Crippen LogP) is 2.17. The highest BCUT2D eigenvalue weighted by Crippen LogP contribution is 2.39. The number of hydrogen-bond donors (Lipinski definition) is 1. The highest BCUT2D eigenvalue weighted by Gasteiger charge is 2.41. The van der Waals surface area contributed by atoms with Crippen molar-refractivity contribution in [1.29, 1.82) is 0 Å². The Morgan fingerprint density at radius 3 is 2.59 bits per heavy atom. The molecule has 3 aliphatic heterocycles. The molecule has 6 rings (SSSR count). The summed E-state index contributed by atoms with van der Waals surface area (Å²) in [5.41, 5.74) is 4.47. The Hall–Kier alpha value is -4.34. The number of fused-ring (bicyclic) bond motifs is 1. The van der Waals surface area contributed by atoms with Gasteiger partial charge in [-0.25, -0.2) is 4.68 Å². The summed E-state index contributed by atoms with van der Waals surface area (Å²) in [6.45, 7) is 5.09. The molecule has 3 unspecified atom stereocenters. The Bertz CT molecular complexity index is 1450. The van der Waals surface area contributed by atoms with Crippen molar-refractivity contribution in [1.82, 2.24) is 30.1 Å². The Morgan fingerprint density at radius 1 is 1.08 bits per heavy atom. The van der Waals surface area contributed by atoms with E-state index in [0.29, 0.717) is 30.1 Å². The van der Waals surface area contributed by atoms with Gasteiger partial charge < -0.3 is 9.80 Å². The number of benzene rings is 2. The van der Waals surface area contributed by atoms with Crippen LogP contribution < -0.4 is 5.32 Å². The molecule has 4 amide bonds. The third-order valence-electron chi connectivity index (χ3n) is 7.52. The van der Waals surface area contributed by atoms with E-state index in [4.69, 9.17) is 0 Å². The van der Waals surface area contributed by atoms with Gasteiger partial charge in [-0.2, -0.15) is 0 Å². The van der Waals surface area contributed by atoms with Gasteiger partial charge in [-0.1, -0.05) is 42.0 Å². The van der Waals surface area contributed by atoms with E-state index in [0.717, 1.165) is 11.1 Å². The fraction of sp³-hybridized carbons (Fsp3) is 0.333. The first kappa shape index (κ1) is 23.1. The molecule has 2 fully saturated rings. The molecular weight excluding hydrogens is 472 g/mol. The molecule has 2 saturated heterocycles. The zero-order valence-electron chi connectivity index (χ0n) is 20.5. The molecule has 1 N–H and O–H groups in total. The first-order valence-corrected chi connectivity index (χ1v) is 12.4. The third-order valence-corrected chi connectivity index (χ3v) is 7.52. The second kappa shape index (κ2) is 8.65. The van der Waals surface area contributed by atoms with Crippen LogP contribution in [0.1, 0.15) is 63.3 Å². The summed E-state index contributed by atoms with van der Waals surface area (Å²) in [5, 5.41) is 10.6. The van der Waals surface area contributed by atoms with Gasteiger partial charge in [0.25, 0.3) is 11.8 Å². The number of nitrogens with one attached hydrogen (secondary N) is 1. The van der Waals surface area contributed by atoms with Crippen LogP contribution in [0, 0.1) is 12.8 Å². The number of aryl methyl sites for hydroxylation is 1. The van der Waals surface area contributed by atoms with Crippen LogP contribution in [0.15, 0.2) is 48.7 Å². The smallest absolute Gasteiger partial charge is 0.276 e. The van der Waals surface area contributed by atoms with Gasteiger partial charge in [-0.3, -0.25) is 24.5 Å². The van der Waals surface area contributed by atoms with Gasteiger partial charge in [0.05, 0.1) is 17.9 Å². The molecule has 0 bridgehead atoms. The van der Waals surface area contributed by atoms with Crippen molar-refractivity contribution in [2.75, 3.05) is 6.54 Å². The molecule has 1 aromatic heterocycles. The maximum atomic E-state index is 13.3. The second-order valence-corrected chi connectivity index (χ2v) is 10.1. The molecule has 37 heavy (non-hydrogen) atoms. The highest BCUT2D eigenvalue weighted by atomic mass is 16.2. The number of likely N-dealkylation sites (tertiary alicyclic amines) is 1. The molecule has 0 radical (unpaired) electrons. The first-order chi connectivity index (χ1) is 17.8. The summed E-state index contributed by atoms with van der Waals surface area (Å²) < 4.78 is 1.52. The van der Waals surface area contributed by atoms with Gasteiger partial charge in [-0.05, 0) is 48.6 Å². The van der Waals surface area contributed by atoms with E-state index in [1.165, 1.54) is 15.1 Å². The summed E-state index contributed by atoms with van der Waals surface area (Å²) in [5.74, 6) is -0.818. The largest absolute Gasteiger partial charge is 0.329 e. The minimum absolute atomic E-state index is 0.00233. The Kier molecular flexibility index (Phi) is 5.40. The number of carbonyl (C=O) groups excluding carboxylic acids is 4. The van der Waals surface area contributed by atoms with Crippen molar-refractivity contribution in [3.8, 4) is 5.69 Å². The Balaban J connectivity index is 1.20. The molecule has 3 atom stereocenters. The van der Waals surface area contributed by atoms with E-state index >= 15 is 0 Å².